The lowest BCUT2D eigenvalue weighted by Crippen LogP contribution is -2.36. The van der Waals surface area contributed by atoms with E-state index >= 15 is 0 Å². The highest BCUT2D eigenvalue weighted by Crippen LogP contribution is 2.31. The Morgan fingerprint density at radius 3 is 3.11 bits per heavy atom. The van der Waals surface area contributed by atoms with Gasteiger partial charge in [0, 0.05) is 18.8 Å². The fourth-order valence-electron chi connectivity index (χ4n) is 3.73. The van der Waals surface area contributed by atoms with Crippen molar-refractivity contribution in [2.75, 3.05) is 30.9 Å². The average Bonchev–Trinajstić information content (AvgIpc) is 3.36. The SMILES string of the molecule is COc1ccc2c(c1)CCCN2C(=O)CSc1n[nH]c(=O)n1CC1CCCO1. The van der Waals surface area contributed by atoms with Crippen LogP contribution in [0.5, 0.6) is 5.75 Å². The van der Waals surface area contributed by atoms with Crippen LogP contribution in [0, 0.1) is 0 Å². The van der Waals surface area contributed by atoms with Crippen LogP contribution in [0.4, 0.5) is 5.69 Å². The van der Waals surface area contributed by atoms with Gasteiger partial charge in [0.15, 0.2) is 5.16 Å². The second kappa shape index (κ2) is 8.40. The standard InChI is InChI=1S/C19H24N4O4S/c1-26-14-6-7-16-13(10-14)4-2-8-22(16)17(24)12-28-19-21-20-18(25)23(19)11-15-5-3-9-27-15/h6-7,10,15H,2-5,8-9,11-12H2,1H3,(H,20,25). The van der Waals surface area contributed by atoms with Crippen molar-refractivity contribution in [3.8, 4) is 5.75 Å². The van der Waals surface area contributed by atoms with Crippen LogP contribution in [-0.2, 0) is 22.5 Å². The number of ether oxygens (including phenoxy) is 2. The van der Waals surface area contributed by atoms with Crippen molar-refractivity contribution in [1.29, 1.82) is 0 Å². The van der Waals surface area contributed by atoms with E-state index in [0.717, 1.165) is 49.3 Å². The number of nitrogens with zero attached hydrogens (tertiary/aromatic N) is 3. The first-order valence-corrected chi connectivity index (χ1v) is 10.5. The number of fused-ring (bicyclic) bond motifs is 1. The van der Waals surface area contributed by atoms with Crippen molar-refractivity contribution >= 4 is 23.4 Å². The molecule has 1 amide bonds. The molecular formula is C19H24N4O4S. The summed E-state index contributed by atoms with van der Waals surface area (Å²) >= 11 is 1.28. The number of thioether (sulfide) groups is 1. The van der Waals surface area contributed by atoms with Gasteiger partial charge >= 0.3 is 5.69 Å². The molecule has 2 aliphatic heterocycles. The van der Waals surface area contributed by atoms with E-state index in [2.05, 4.69) is 10.2 Å². The molecule has 0 radical (unpaired) electrons. The van der Waals surface area contributed by atoms with Gasteiger partial charge in [-0.3, -0.25) is 9.36 Å². The van der Waals surface area contributed by atoms with Crippen LogP contribution >= 0.6 is 11.8 Å². The summed E-state index contributed by atoms with van der Waals surface area (Å²) in [5.41, 5.74) is 1.80. The van der Waals surface area contributed by atoms with Crippen LogP contribution < -0.4 is 15.3 Å². The Morgan fingerprint density at radius 1 is 1.43 bits per heavy atom. The van der Waals surface area contributed by atoms with E-state index in [1.54, 1.807) is 11.7 Å². The molecule has 1 atom stereocenters. The number of carbonyl (C=O) groups excluding carboxylic acids is 1. The molecule has 1 N–H and O–H groups in total. The predicted octanol–water partition coefficient (Wildman–Crippen LogP) is 1.83. The quantitative estimate of drug-likeness (QED) is 0.739. The van der Waals surface area contributed by atoms with Crippen LogP contribution in [0.25, 0.3) is 0 Å². The number of carbonyl (C=O) groups is 1. The number of rotatable bonds is 6. The summed E-state index contributed by atoms with van der Waals surface area (Å²) in [4.78, 5) is 26.8. The number of nitrogens with one attached hydrogen (secondary N) is 1. The molecule has 0 bridgehead atoms. The summed E-state index contributed by atoms with van der Waals surface area (Å²) in [6, 6.07) is 5.82. The maximum absolute atomic E-state index is 12.9. The molecule has 1 unspecified atom stereocenters. The Labute approximate surface area is 167 Å². The van der Waals surface area contributed by atoms with E-state index in [0.29, 0.717) is 18.2 Å². The molecule has 3 heterocycles. The van der Waals surface area contributed by atoms with Gasteiger partial charge in [-0.1, -0.05) is 11.8 Å². The molecule has 1 fully saturated rings. The molecule has 1 saturated heterocycles. The van der Waals surface area contributed by atoms with E-state index < -0.39 is 0 Å². The van der Waals surface area contributed by atoms with Crippen molar-refractivity contribution in [3.05, 3.63) is 34.2 Å². The highest BCUT2D eigenvalue weighted by atomic mass is 32.2. The Kier molecular flexibility index (Phi) is 5.72. The van der Waals surface area contributed by atoms with Gasteiger partial charge in [-0.15, -0.1) is 5.10 Å². The smallest absolute Gasteiger partial charge is 0.344 e. The summed E-state index contributed by atoms with van der Waals surface area (Å²) in [5.74, 6) is 1.04. The largest absolute Gasteiger partial charge is 0.497 e. The third-order valence-electron chi connectivity index (χ3n) is 5.16. The van der Waals surface area contributed by atoms with Crippen molar-refractivity contribution < 1.29 is 14.3 Å². The molecule has 2 aliphatic rings. The summed E-state index contributed by atoms with van der Waals surface area (Å²) < 4.78 is 12.5. The van der Waals surface area contributed by atoms with Gasteiger partial charge in [0.1, 0.15) is 5.75 Å². The molecular weight excluding hydrogens is 380 g/mol. The number of hydrogen-bond donors (Lipinski definition) is 1. The second-order valence-electron chi connectivity index (χ2n) is 6.99. The molecule has 0 aliphatic carbocycles. The van der Waals surface area contributed by atoms with Crippen molar-refractivity contribution in [3.63, 3.8) is 0 Å². The van der Waals surface area contributed by atoms with Gasteiger partial charge in [-0.05, 0) is 49.4 Å². The number of anilines is 1. The number of benzene rings is 1. The molecule has 4 rings (SSSR count). The number of aromatic nitrogens is 3. The summed E-state index contributed by atoms with van der Waals surface area (Å²) in [6.07, 6.45) is 3.84. The zero-order valence-corrected chi connectivity index (χ0v) is 16.7. The summed E-state index contributed by atoms with van der Waals surface area (Å²) in [5, 5.41) is 7.10. The van der Waals surface area contributed by atoms with Crippen LogP contribution in [0.15, 0.2) is 28.2 Å². The average molecular weight is 404 g/mol. The number of H-pyrrole nitrogens is 1. The van der Waals surface area contributed by atoms with Gasteiger partial charge in [-0.25, -0.2) is 9.89 Å². The lowest BCUT2D eigenvalue weighted by molar-refractivity contribution is -0.116. The minimum Gasteiger partial charge on any atom is -0.497 e. The third kappa shape index (κ3) is 3.95. The number of hydrogen-bond acceptors (Lipinski definition) is 6. The molecule has 9 heteroatoms. The molecule has 1 aromatic carbocycles. The maximum atomic E-state index is 12.9. The normalized spacial score (nSPS) is 18.9. The number of methoxy groups -OCH3 is 1. The predicted molar refractivity (Wildman–Crippen MR) is 106 cm³/mol. The Balaban J connectivity index is 1.44. The van der Waals surface area contributed by atoms with Crippen molar-refractivity contribution in [2.45, 2.75) is 43.5 Å². The van der Waals surface area contributed by atoms with Crippen molar-refractivity contribution in [1.82, 2.24) is 14.8 Å². The van der Waals surface area contributed by atoms with E-state index in [1.165, 1.54) is 11.8 Å². The molecule has 8 nitrogen and oxygen atoms in total. The molecule has 0 saturated carbocycles. The fraction of sp³-hybridized carbons (Fsp3) is 0.526. The number of aromatic amines is 1. The zero-order valence-electron chi connectivity index (χ0n) is 15.8. The third-order valence-corrected chi connectivity index (χ3v) is 6.13. The van der Waals surface area contributed by atoms with Gasteiger partial charge in [0.25, 0.3) is 0 Å². The zero-order chi connectivity index (χ0) is 19.5. The number of amides is 1. The minimum atomic E-state index is -0.263. The van der Waals surface area contributed by atoms with Gasteiger partial charge in [0.2, 0.25) is 5.91 Å². The molecule has 2 aromatic rings. The lowest BCUT2D eigenvalue weighted by Gasteiger charge is -2.29. The highest BCUT2D eigenvalue weighted by Gasteiger charge is 2.24. The molecule has 28 heavy (non-hydrogen) atoms. The number of aryl methyl sites for hydroxylation is 1. The van der Waals surface area contributed by atoms with E-state index in [9.17, 15) is 9.59 Å². The van der Waals surface area contributed by atoms with Gasteiger partial charge in [-0.2, -0.15) is 0 Å². The first-order chi connectivity index (χ1) is 13.7. The van der Waals surface area contributed by atoms with Crippen LogP contribution in [-0.4, -0.2) is 52.8 Å². The van der Waals surface area contributed by atoms with Crippen LogP contribution in [0.2, 0.25) is 0 Å². The maximum Gasteiger partial charge on any atom is 0.344 e. The minimum absolute atomic E-state index is 0.00947. The first-order valence-electron chi connectivity index (χ1n) is 9.52. The van der Waals surface area contributed by atoms with Gasteiger partial charge < -0.3 is 14.4 Å². The molecule has 0 spiro atoms. The molecule has 150 valence electrons. The topological polar surface area (TPSA) is 89.5 Å². The molecule has 1 aromatic heterocycles. The van der Waals surface area contributed by atoms with Crippen LogP contribution in [0.3, 0.4) is 0 Å². The first kappa shape index (κ1) is 19.1. The second-order valence-corrected chi connectivity index (χ2v) is 7.93. The van der Waals surface area contributed by atoms with E-state index in [-0.39, 0.29) is 23.5 Å². The Hall–Kier alpha value is -2.26. The Morgan fingerprint density at radius 2 is 2.32 bits per heavy atom. The monoisotopic (exact) mass is 404 g/mol. The van der Waals surface area contributed by atoms with Gasteiger partial charge in [0.05, 0.1) is 25.5 Å². The lowest BCUT2D eigenvalue weighted by atomic mass is 10.0. The fourth-order valence-corrected chi connectivity index (χ4v) is 4.56. The summed E-state index contributed by atoms with van der Waals surface area (Å²) in [6.45, 7) is 1.90. The summed E-state index contributed by atoms with van der Waals surface area (Å²) in [7, 11) is 1.64. The van der Waals surface area contributed by atoms with Crippen LogP contribution in [0.1, 0.15) is 24.8 Å². The van der Waals surface area contributed by atoms with E-state index in [1.807, 2.05) is 23.1 Å². The Bertz CT molecular complexity index is 904. The highest BCUT2D eigenvalue weighted by molar-refractivity contribution is 7.99. The van der Waals surface area contributed by atoms with Crippen molar-refractivity contribution in [2.24, 2.45) is 0 Å². The van der Waals surface area contributed by atoms with E-state index in [4.69, 9.17) is 9.47 Å².